The Morgan fingerprint density at radius 1 is 0.974 bits per heavy atom. The Hall–Kier alpha value is -4.34. The molecule has 194 valence electrons. The van der Waals surface area contributed by atoms with E-state index in [4.69, 9.17) is 11.6 Å². The van der Waals surface area contributed by atoms with E-state index < -0.39 is 15.9 Å². The number of hydrogen-bond acceptors (Lipinski definition) is 6. The molecule has 3 N–H and O–H groups in total. The van der Waals surface area contributed by atoms with Gasteiger partial charge in [-0.2, -0.15) is 5.10 Å². The third kappa shape index (κ3) is 6.13. The predicted octanol–water partition coefficient (Wildman–Crippen LogP) is 5.22. The third-order valence-electron chi connectivity index (χ3n) is 5.65. The van der Waals surface area contributed by atoms with Gasteiger partial charge in [0.2, 0.25) is 0 Å². The molecule has 0 aliphatic heterocycles. The van der Waals surface area contributed by atoms with Gasteiger partial charge in [-0.05, 0) is 61.0 Å². The number of anilines is 1. The molecule has 0 aliphatic rings. The fourth-order valence-electron chi connectivity index (χ4n) is 3.64. The monoisotopic (exact) mass is 549 g/mol. The molecule has 0 aromatic heterocycles. The van der Waals surface area contributed by atoms with Gasteiger partial charge in [-0.3, -0.25) is 9.10 Å². The molecule has 8 nitrogen and oxygen atoms in total. The topological polar surface area (TPSA) is 119 Å². The molecule has 0 saturated heterocycles. The lowest BCUT2D eigenvalue weighted by molar-refractivity contribution is 0.0955. The maximum Gasteiger partial charge on any atom is 0.273 e. The van der Waals surface area contributed by atoms with Gasteiger partial charge in [-0.1, -0.05) is 53.6 Å². The molecule has 0 aliphatic carbocycles. The van der Waals surface area contributed by atoms with Crippen LogP contribution in [0.2, 0.25) is 5.02 Å². The molecule has 0 heterocycles. The highest BCUT2D eigenvalue weighted by atomic mass is 35.5. The number of aromatic hydroxyl groups is 2. The summed E-state index contributed by atoms with van der Waals surface area (Å²) in [4.78, 5) is 13.2. The zero-order valence-corrected chi connectivity index (χ0v) is 21.8. The van der Waals surface area contributed by atoms with Crippen molar-refractivity contribution < 1.29 is 23.4 Å². The summed E-state index contributed by atoms with van der Waals surface area (Å²) in [5.74, 6) is -0.995. The second kappa shape index (κ2) is 11.4. The van der Waals surface area contributed by atoms with Crippen molar-refractivity contribution in [2.24, 2.45) is 5.10 Å². The number of para-hydroxylation sites is 1. The molecule has 1 amide bonds. The molecule has 4 aromatic carbocycles. The van der Waals surface area contributed by atoms with Gasteiger partial charge in [-0.15, -0.1) is 0 Å². The van der Waals surface area contributed by atoms with Gasteiger partial charge < -0.3 is 10.2 Å². The van der Waals surface area contributed by atoms with Crippen molar-refractivity contribution in [3.8, 4) is 11.5 Å². The normalized spacial score (nSPS) is 11.4. The van der Waals surface area contributed by atoms with Crippen LogP contribution in [-0.2, 0) is 16.6 Å². The van der Waals surface area contributed by atoms with Gasteiger partial charge in [0.25, 0.3) is 15.9 Å². The molecule has 38 heavy (non-hydrogen) atoms. The maximum absolute atomic E-state index is 13.8. The summed E-state index contributed by atoms with van der Waals surface area (Å²) in [5.41, 5.74) is 4.44. The number of rotatable bonds is 8. The van der Waals surface area contributed by atoms with E-state index in [-0.39, 0.29) is 39.8 Å². The number of carbonyl (C=O) groups excluding carboxylic acids is 1. The molecule has 4 rings (SSSR count). The summed E-state index contributed by atoms with van der Waals surface area (Å²) < 4.78 is 28.9. The number of carbonyl (C=O) groups is 1. The van der Waals surface area contributed by atoms with Crippen LogP contribution in [0.25, 0.3) is 0 Å². The van der Waals surface area contributed by atoms with E-state index in [9.17, 15) is 23.4 Å². The third-order valence-corrected chi connectivity index (χ3v) is 7.68. The van der Waals surface area contributed by atoms with Gasteiger partial charge in [0.15, 0.2) is 0 Å². The number of amides is 1. The highest BCUT2D eigenvalue weighted by Crippen LogP contribution is 2.30. The number of sulfonamides is 1. The number of aryl methyl sites for hydroxylation is 1. The first-order valence-corrected chi connectivity index (χ1v) is 13.3. The minimum Gasteiger partial charge on any atom is -0.508 e. The number of nitrogens with one attached hydrogen (secondary N) is 1. The smallest absolute Gasteiger partial charge is 0.273 e. The zero-order valence-electron chi connectivity index (χ0n) is 20.2. The van der Waals surface area contributed by atoms with E-state index in [0.29, 0.717) is 10.6 Å². The molecule has 0 unspecified atom stereocenters. The molecule has 0 fully saturated rings. The van der Waals surface area contributed by atoms with Gasteiger partial charge in [-0.25, -0.2) is 13.8 Å². The van der Waals surface area contributed by atoms with Gasteiger partial charge >= 0.3 is 0 Å². The van der Waals surface area contributed by atoms with Crippen molar-refractivity contribution in [2.75, 3.05) is 4.31 Å². The van der Waals surface area contributed by atoms with Crippen molar-refractivity contribution in [1.29, 1.82) is 0 Å². The van der Waals surface area contributed by atoms with E-state index in [1.54, 1.807) is 54.6 Å². The van der Waals surface area contributed by atoms with Crippen molar-refractivity contribution in [3.63, 3.8) is 0 Å². The average Bonchev–Trinajstić information content (AvgIpc) is 2.89. The van der Waals surface area contributed by atoms with Crippen LogP contribution < -0.4 is 9.73 Å². The van der Waals surface area contributed by atoms with Crippen LogP contribution in [0.1, 0.15) is 27.0 Å². The lowest BCUT2D eigenvalue weighted by Gasteiger charge is -2.26. The standard InChI is InChI=1S/C28H24ClN3O5S/c1-19-6-14-24(15-7-19)38(36,37)32(18-20-8-11-22(29)12-9-20)26-5-3-2-4-25(26)28(35)31-30-17-21-10-13-23(33)16-27(21)34/h2-17,33-34H,18H2,1H3,(H,31,35)/b30-17-. The molecule has 4 aromatic rings. The lowest BCUT2D eigenvalue weighted by Crippen LogP contribution is -2.33. The molecule has 0 bridgehead atoms. The summed E-state index contributed by atoms with van der Waals surface area (Å²) >= 11 is 6.02. The van der Waals surface area contributed by atoms with E-state index in [1.807, 2.05) is 6.92 Å². The van der Waals surface area contributed by atoms with Crippen molar-refractivity contribution in [3.05, 3.63) is 118 Å². The van der Waals surface area contributed by atoms with Crippen LogP contribution in [0.5, 0.6) is 11.5 Å². The Balaban J connectivity index is 1.71. The predicted molar refractivity (Wildman–Crippen MR) is 147 cm³/mol. The maximum atomic E-state index is 13.8. The van der Waals surface area contributed by atoms with Crippen LogP contribution in [0.3, 0.4) is 0 Å². The number of nitrogens with zero attached hydrogens (tertiary/aromatic N) is 2. The largest absolute Gasteiger partial charge is 0.508 e. The Labute approximate surface area is 225 Å². The SMILES string of the molecule is Cc1ccc(S(=O)(=O)N(Cc2ccc(Cl)cc2)c2ccccc2C(=O)N/N=C\c2ccc(O)cc2O)cc1. The molecule has 0 saturated carbocycles. The van der Waals surface area contributed by atoms with Crippen molar-refractivity contribution in [1.82, 2.24) is 5.43 Å². The first-order chi connectivity index (χ1) is 18.1. The highest BCUT2D eigenvalue weighted by Gasteiger charge is 2.28. The summed E-state index contributed by atoms with van der Waals surface area (Å²) in [5, 5.41) is 23.7. The fourth-order valence-corrected chi connectivity index (χ4v) is 5.24. The first kappa shape index (κ1) is 26.7. The van der Waals surface area contributed by atoms with Crippen LogP contribution in [0, 0.1) is 6.92 Å². The molecule has 0 radical (unpaired) electrons. The molecule has 0 spiro atoms. The van der Waals surface area contributed by atoms with E-state index in [2.05, 4.69) is 10.5 Å². The number of benzene rings is 4. The van der Waals surface area contributed by atoms with Crippen LogP contribution in [0.4, 0.5) is 5.69 Å². The number of halogens is 1. The first-order valence-electron chi connectivity index (χ1n) is 11.4. The Kier molecular flexibility index (Phi) is 7.99. The lowest BCUT2D eigenvalue weighted by atomic mass is 10.1. The Bertz CT molecular complexity index is 1590. The quantitative estimate of drug-likeness (QED) is 0.206. The highest BCUT2D eigenvalue weighted by molar-refractivity contribution is 7.92. The van der Waals surface area contributed by atoms with Crippen LogP contribution in [0.15, 0.2) is 101 Å². The van der Waals surface area contributed by atoms with Crippen molar-refractivity contribution >= 4 is 39.4 Å². The average molecular weight is 550 g/mol. The number of hydrazone groups is 1. The summed E-state index contributed by atoms with van der Waals surface area (Å²) in [6, 6.07) is 23.5. The molecule has 10 heteroatoms. The Morgan fingerprint density at radius 2 is 1.66 bits per heavy atom. The summed E-state index contributed by atoms with van der Waals surface area (Å²) in [6.45, 7) is 1.81. The second-order valence-corrected chi connectivity index (χ2v) is 10.7. The fraction of sp³-hybridized carbons (Fsp3) is 0.0714. The minimum atomic E-state index is -4.08. The zero-order chi connectivity index (χ0) is 27.3. The van der Waals surface area contributed by atoms with Gasteiger partial charge in [0, 0.05) is 16.7 Å². The number of phenols is 2. The van der Waals surface area contributed by atoms with Crippen molar-refractivity contribution in [2.45, 2.75) is 18.4 Å². The van der Waals surface area contributed by atoms with Crippen LogP contribution >= 0.6 is 11.6 Å². The second-order valence-electron chi connectivity index (χ2n) is 8.41. The van der Waals surface area contributed by atoms with E-state index >= 15 is 0 Å². The van der Waals surface area contributed by atoms with Crippen LogP contribution in [-0.4, -0.2) is 30.8 Å². The van der Waals surface area contributed by atoms with Gasteiger partial charge in [0.05, 0.1) is 28.9 Å². The van der Waals surface area contributed by atoms with Gasteiger partial charge in [0.1, 0.15) is 11.5 Å². The Morgan fingerprint density at radius 3 is 2.34 bits per heavy atom. The molecule has 0 atom stereocenters. The summed E-state index contributed by atoms with van der Waals surface area (Å²) in [6.07, 6.45) is 1.21. The molecular weight excluding hydrogens is 526 g/mol. The minimum absolute atomic E-state index is 0.0533. The number of phenolic OH excluding ortho intramolecular Hbond substituents is 2. The molecular formula is C28H24ClN3O5S. The van der Waals surface area contributed by atoms with E-state index in [0.717, 1.165) is 11.6 Å². The van der Waals surface area contributed by atoms with E-state index in [1.165, 1.54) is 40.9 Å². The number of hydrogen-bond donors (Lipinski definition) is 3. The summed E-state index contributed by atoms with van der Waals surface area (Å²) in [7, 11) is -4.08.